The van der Waals surface area contributed by atoms with Crippen molar-refractivity contribution in [1.82, 2.24) is 0 Å². The quantitative estimate of drug-likeness (QED) is 0.0410. The molecule has 0 aromatic heterocycles. The predicted octanol–water partition coefficient (Wildman–Crippen LogP) is 16.0. The fraction of sp³-hybridized carbons (Fsp3) is 0.652. The predicted molar refractivity (Wildman–Crippen MR) is 217 cm³/mol. The number of unbranched alkanes of at least 4 members (excludes halogenated alkanes) is 25. The molecule has 0 aliphatic heterocycles. The first kappa shape index (κ1) is 45.0. The van der Waals surface area contributed by atoms with Crippen LogP contribution < -0.4 is 0 Å². The minimum atomic E-state index is 0. The van der Waals surface area contributed by atoms with Crippen molar-refractivity contribution in [2.45, 2.75) is 194 Å². The van der Waals surface area contributed by atoms with Crippen LogP contribution in [-0.4, -0.2) is 11.4 Å². The van der Waals surface area contributed by atoms with Gasteiger partial charge in [-0.15, -0.1) is 0 Å². The number of hydrogen-bond acceptors (Lipinski definition) is 2. The average Bonchev–Trinajstić information content (AvgIpc) is 3.12. The van der Waals surface area contributed by atoms with Crippen molar-refractivity contribution in [3.05, 3.63) is 72.8 Å². The van der Waals surface area contributed by atoms with Gasteiger partial charge < -0.3 is 0 Å². The average molecular weight is 714 g/mol. The number of rotatable bonds is 32. The Morgan fingerprint density at radius 2 is 0.776 bits per heavy atom. The molecule has 0 unspecified atom stereocenters. The number of para-hydroxylation sites is 2. The van der Waals surface area contributed by atoms with E-state index in [1.807, 2.05) is 12.1 Å². The van der Waals surface area contributed by atoms with E-state index in [4.69, 9.17) is 9.98 Å². The van der Waals surface area contributed by atoms with Crippen LogP contribution in [0.5, 0.6) is 0 Å². The van der Waals surface area contributed by atoms with Gasteiger partial charge in [-0.05, 0) is 56.0 Å². The Morgan fingerprint density at radius 3 is 1.16 bits per heavy atom. The molecule has 0 N–H and O–H groups in total. The van der Waals surface area contributed by atoms with E-state index in [0.29, 0.717) is 0 Å². The molecule has 0 atom stereocenters. The molecule has 0 amide bonds. The molecule has 0 saturated heterocycles. The molecular formula is C46H74N2Ni. The molecule has 2 aromatic rings. The van der Waals surface area contributed by atoms with E-state index in [9.17, 15) is 0 Å². The number of aliphatic imine (C=N–C) groups is 2. The van der Waals surface area contributed by atoms with Crippen LogP contribution in [0, 0.1) is 0 Å². The van der Waals surface area contributed by atoms with Gasteiger partial charge in [0.2, 0.25) is 0 Å². The van der Waals surface area contributed by atoms with E-state index >= 15 is 0 Å². The topological polar surface area (TPSA) is 24.7 Å². The van der Waals surface area contributed by atoms with Crippen molar-refractivity contribution in [1.29, 1.82) is 0 Å². The maximum Gasteiger partial charge on any atom is 0.0848 e. The first-order valence-electron chi connectivity index (χ1n) is 20.8. The zero-order valence-electron chi connectivity index (χ0n) is 31.9. The number of benzene rings is 2. The fourth-order valence-electron chi connectivity index (χ4n) is 6.50. The molecule has 2 rings (SSSR count). The van der Waals surface area contributed by atoms with Crippen LogP contribution in [0.25, 0.3) is 0 Å². The van der Waals surface area contributed by atoms with Crippen molar-refractivity contribution in [2.75, 3.05) is 0 Å². The molecule has 3 heteroatoms. The molecule has 0 aliphatic carbocycles. The summed E-state index contributed by atoms with van der Waals surface area (Å²) in [7, 11) is 0. The van der Waals surface area contributed by atoms with E-state index in [1.54, 1.807) is 0 Å². The minimum absolute atomic E-state index is 0. The molecule has 0 heterocycles. The number of nitrogens with zero attached hydrogens (tertiary/aromatic N) is 2. The zero-order chi connectivity index (χ0) is 34.0. The summed E-state index contributed by atoms with van der Waals surface area (Å²) in [6, 6.07) is 20.6. The second kappa shape index (κ2) is 34.5. The second-order valence-corrected chi connectivity index (χ2v) is 14.2. The van der Waals surface area contributed by atoms with E-state index in [1.165, 1.54) is 154 Å². The Balaban J connectivity index is 0.0000120. The summed E-state index contributed by atoms with van der Waals surface area (Å²) >= 11 is 0. The molecule has 49 heavy (non-hydrogen) atoms. The van der Waals surface area contributed by atoms with E-state index in [0.717, 1.165) is 48.5 Å². The summed E-state index contributed by atoms with van der Waals surface area (Å²) < 4.78 is 0. The van der Waals surface area contributed by atoms with Crippen molar-refractivity contribution in [2.24, 2.45) is 9.98 Å². The second-order valence-electron chi connectivity index (χ2n) is 14.2. The minimum Gasteiger partial charge on any atom is -0.251 e. The number of allylic oxidation sites excluding steroid dienone is 2. The third-order valence-electron chi connectivity index (χ3n) is 9.59. The summed E-state index contributed by atoms with van der Waals surface area (Å²) in [4.78, 5) is 10.1. The smallest absolute Gasteiger partial charge is 0.0848 e. The molecular weight excluding hydrogens is 639 g/mol. The van der Waals surface area contributed by atoms with Crippen LogP contribution in [0.2, 0.25) is 0 Å². The Labute approximate surface area is 314 Å². The fourth-order valence-corrected chi connectivity index (χ4v) is 6.50. The van der Waals surface area contributed by atoms with E-state index < -0.39 is 0 Å². The third-order valence-corrected chi connectivity index (χ3v) is 9.59. The van der Waals surface area contributed by atoms with Gasteiger partial charge in [0.25, 0.3) is 0 Å². The van der Waals surface area contributed by atoms with Gasteiger partial charge >= 0.3 is 0 Å². The Bertz CT molecular complexity index is 1060. The molecule has 0 radical (unpaired) electrons. The molecule has 278 valence electrons. The summed E-state index contributed by atoms with van der Waals surface area (Å²) in [5, 5.41) is 0. The van der Waals surface area contributed by atoms with Crippen LogP contribution in [0.15, 0.2) is 82.8 Å². The van der Waals surface area contributed by atoms with E-state index in [-0.39, 0.29) is 16.5 Å². The Hall–Kier alpha value is -1.99. The van der Waals surface area contributed by atoms with Crippen LogP contribution in [-0.2, 0) is 16.5 Å². The van der Waals surface area contributed by atoms with Gasteiger partial charge in [0.05, 0.1) is 22.8 Å². The van der Waals surface area contributed by atoms with Crippen molar-refractivity contribution < 1.29 is 16.5 Å². The number of hydrogen-bond donors (Lipinski definition) is 0. The normalized spacial score (nSPS) is 12.1. The molecule has 0 fully saturated rings. The third kappa shape index (κ3) is 26.5. The van der Waals surface area contributed by atoms with Crippen molar-refractivity contribution >= 4 is 22.8 Å². The molecule has 2 aromatic carbocycles. The Morgan fingerprint density at radius 1 is 0.429 bits per heavy atom. The molecule has 0 bridgehead atoms. The largest absolute Gasteiger partial charge is 0.251 e. The summed E-state index contributed by atoms with van der Waals surface area (Å²) in [5.74, 6) is 0. The Kier molecular flexibility index (Phi) is 31.7. The molecule has 0 spiro atoms. The van der Waals surface area contributed by atoms with Crippen LogP contribution in [0.4, 0.5) is 11.4 Å². The van der Waals surface area contributed by atoms with Gasteiger partial charge in [-0.1, -0.05) is 210 Å². The first-order chi connectivity index (χ1) is 23.8. The summed E-state index contributed by atoms with van der Waals surface area (Å²) in [6.07, 6.45) is 43.3. The van der Waals surface area contributed by atoms with Gasteiger partial charge in [0, 0.05) is 16.5 Å². The van der Waals surface area contributed by atoms with Crippen LogP contribution >= 0.6 is 0 Å². The SMILES string of the molecule is CCCCCCCCCCCCCCCCCCCCCCCCCC/C=C/C(=N\c1ccccc1)C(/CCCC)=N/c1ccccc1.[Ni]. The zero-order valence-corrected chi connectivity index (χ0v) is 32.9. The van der Waals surface area contributed by atoms with Gasteiger partial charge in [-0.3, -0.25) is 4.99 Å². The maximum atomic E-state index is 5.04. The van der Waals surface area contributed by atoms with Crippen molar-refractivity contribution in [3.8, 4) is 0 Å². The van der Waals surface area contributed by atoms with Crippen molar-refractivity contribution in [3.63, 3.8) is 0 Å². The molecule has 0 saturated carbocycles. The van der Waals surface area contributed by atoms with Gasteiger partial charge in [-0.2, -0.15) is 0 Å². The monoisotopic (exact) mass is 713 g/mol. The van der Waals surface area contributed by atoms with Crippen LogP contribution in [0.3, 0.4) is 0 Å². The summed E-state index contributed by atoms with van der Waals surface area (Å²) in [6.45, 7) is 4.55. The first-order valence-corrected chi connectivity index (χ1v) is 20.8. The van der Waals surface area contributed by atoms with Gasteiger partial charge in [0.15, 0.2) is 0 Å². The summed E-state index contributed by atoms with van der Waals surface area (Å²) in [5.41, 5.74) is 4.08. The molecule has 0 aliphatic rings. The van der Waals surface area contributed by atoms with Gasteiger partial charge in [0.1, 0.15) is 0 Å². The van der Waals surface area contributed by atoms with Gasteiger partial charge in [-0.25, -0.2) is 4.99 Å². The van der Waals surface area contributed by atoms with Crippen LogP contribution in [0.1, 0.15) is 194 Å². The standard InChI is InChI=1S/C46H74N2.Ni/c1-3-5-7-8-9-10-11-12-13-14-15-16-17-18-19-20-21-22-23-24-25-26-27-28-29-36-42-46(48-44-39-34-31-35-40-44)45(41-6-4-2)47-43-37-32-30-33-38-43;/h30-40,42H,3-29,41H2,1-2H3;/b42-36+,47-45+,48-46+;. The van der Waals surface area contributed by atoms with E-state index in [2.05, 4.69) is 74.5 Å². The maximum absolute atomic E-state index is 5.04. The molecule has 2 nitrogen and oxygen atoms in total.